The minimum absolute atomic E-state index is 0.124. The zero-order valence-corrected chi connectivity index (χ0v) is 11.6. The van der Waals surface area contributed by atoms with E-state index in [4.69, 9.17) is 4.74 Å². The predicted octanol–water partition coefficient (Wildman–Crippen LogP) is 2.23. The molecule has 108 valence electrons. The van der Waals surface area contributed by atoms with Crippen molar-refractivity contribution < 1.29 is 14.6 Å². The first-order chi connectivity index (χ1) is 10.2. The minimum Gasteiger partial charge on any atom is -0.507 e. The second-order valence-corrected chi connectivity index (χ2v) is 4.41. The van der Waals surface area contributed by atoms with Crippen LogP contribution in [0.3, 0.4) is 0 Å². The molecule has 2 aromatic rings. The van der Waals surface area contributed by atoms with Crippen LogP contribution in [0.4, 0.5) is 0 Å². The lowest BCUT2D eigenvalue weighted by molar-refractivity contribution is -0.123. The van der Waals surface area contributed by atoms with Gasteiger partial charge in [0.1, 0.15) is 11.5 Å². The van der Waals surface area contributed by atoms with Gasteiger partial charge < -0.3 is 9.84 Å². The summed E-state index contributed by atoms with van der Waals surface area (Å²) in [4.78, 5) is 11.5. The lowest BCUT2D eigenvalue weighted by atomic mass is 10.1. The number of carbonyl (C=O) groups is 1. The zero-order chi connectivity index (χ0) is 15.1. The fourth-order valence-corrected chi connectivity index (χ4v) is 1.66. The smallest absolute Gasteiger partial charge is 0.277 e. The van der Waals surface area contributed by atoms with Gasteiger partial charge >= 0.3 is 0 Å². The molecule has 0 spiro atoms. The normalized spacial score (nSPS) is 10.5. The number of phenolic OH excluding ortho intramolecular Hbond substituents is 1. The first-order valence-corrected chi connectivity index (χ1v) is 6.45. The van der Waals surface area contributed by atoms with Gasteiger partial charge in [-0.15, -0.1) is 0 Å². The highest BCUT2D eigenvalue weighted by molar-refractivity contribution is 5.85. The number of para-hydroxylation sites is 2. The standard InChI is InChI=1S/C16H16N2O3/c1-12-6-5-7-13(16(12)20)10-17-18-15(19)11-21-14-8-3-2-4-9-14/h2-10,20H,11H2,1H3,(H,18,19). The van der Waals surface area contributed by atoms with Crippen LogP contribution in [0.1, 0.15) is 11.1 Å². The molecule has 0 radical (unpaired) electrons. The fraction of sp³-hybridized carbons (Fsp3) is 0.125. The number of aromatic hydroxyl groups is 1. The largest absolute Gasteiger partial charge is 0.507 e. The van der Waals surface area contributed by atoms with Crippen LogP contribution in [-0.2, 0) is 4.79 Å². The molecule has 0 saturated carbocycles. The maximum Gasteiger partial charge on any atom is 0.277 e. The van der Waals surface area contributed by atoms with Crippen molar-refractivity contribution in [3.05, 3.63) is 59.7 Å². The first-order valence-electron chi connectivity index (χ1n) is 6.45. The maximum atomic E-state index is 11.5. The van der Waals surface area contributed by atoms with E-state index >= 15 is 0 Å². The molecule has 0 aromatic heterocycles. The van der Waals surface area contributed by atoms with E-state index in [1.54, 1.807) is 37.3 Å². The molecule has 0 saturated heterocycles. The number of carbonyl (C=O) groups excluding carboxylic acids is 1. The molecule has 0 aliphatic carbocycles. The third kappa shape index (κ3) is 4.35. The van der Waals surface area contributed by atoms with Gasteiger partial charge in [0.15, 0.2) is 6.61 Å². The Morgan fingerprint density at radius 1 is 1.24 bits per heavy atom. The Kier molecular flexibility index (Phi) is 4.93. The molecule has 0 heterocycles. The molecule has 0 fully saturated rings. The SMILES string of the molecule is Cc1cccc(C=NNC(=O)COc2ccccc2)c1O. The van der Waals surface area contributed by atoms with Gasteiger partial charge in [-0.25, -0.2) is 5.43 Å². The molecule has 0 aliphatic heterocycles. The number of nitrogens with zero attached hydrogens (tertiary/aromatic N) is 1. The van der Waals surface area contributed by atoms with E-state index in [9.17, 15) is 9.90 Å². The van der Waals surface area contributed by atoms with Crippen LogP contribution in [0.25, 0.3) is 0 Å². The summed E-state index contributed by atoms with van der Waals surface area (Å²) in [5.41, 5.74) is 3.63. The molecular formula is C16H16N2O3. The van der Waals surface area contributed by atoms with Crippen molar-refractivity contribution in [2.24, 2.45) is 5.10 Å². The summed E-state index contributed by atoms with van der Waals surface area (Å²) < 4.78 is 5.28. The van der Waals surface area contributed by atoms with E-state index in [0.29, 0.717) is 11.3 Å². The molecule has 21 heavy (non-hydrogen) atoms. The van der Waals surface area contributed by atoms with Gasteiger partial charge in [0.2, 0.25) is 0 Å². The second-order valence-electron chi connectivity index (χ2n) is 4.41. The van der Waals surface area contributed by atoms with E-state index in [1.165, 1.54) is 6.21 Å². The summed E-state index contributed by atoms with van der Waals surface area (Å²) in [7, 11) is 0. The van der Waals surface area contributed by atoms with Crippen LogP contribution >= 0.6 is 0 Å². The Labute approximate surface area is 122 Å². The van der Waals surface area contributed by atoms with Gasteiger partial charge in [0.25, 0.3) is 5.91 Å². The molecule has 0 unspecified atom stereocenters. The lowest BCUT2D eigenvalue weighted by Crippen LogP contribution is -2.24. The molecule has 0 aliphatic rings. The number of hydrogen-bond donors (Lipinski definition) is 2. The van der Waals surface area contributed by atoms with Gasteiger partial charge in [-0.05, 0) is 30.7 Å². The summed E-state index contributed by atoms with van der Waals surface area (Å²) in [5.74, 6) is 0.395. The highest BCUT2D eigenvalue weighted by atomic mass is 16.5. The van der Waals surface area contributed by atoms with Crippen molar-refractivity contribution in [3.8, 4) is 11.5 Å². The minimum atomic E-state index is -0.373. The molecule has 2 rings (SSSR count). The third-order valence-electron chi connectivity index (χ3n) is 2.77. The molecule has 2 N–H and O–H groups in total. The van der Waals surface area contributed by atoms with Crippen molar-refractivity contribution >= 4 is 12.1 Å². The monoisotopic (exact) mass is 284 g/mol. The Morgan fingerprint density at radius 3 is 2.76 bits per heavy atom. The average Bonchev–Trinajstić information content (AvgIpc) is 2.50. The first kappa shape index (κ1) is 14.6. The average molecular weight is 284 g/mol. The Morgan fingerprint density at radius 2 is 2.00 bits per heavy atom. The Balaban J connectivity index is 1.83. The van der Waals surface area contributed by atoms with Gasteiger partial charge in [0.05, 0.1) is 6.21 Å². The number of phenols is 1. The quantitative estimate of drug-likeness (QED) is 0.653. The maximum absolute atomic E-state index is 11.5. The van der Waals surface area contributed by atoms with E-state index in [1.807, 2.05) is 18.2 Å². The second kappa shape index (κ2) is 7.09. The molecular weight excluding hydrogens is 268 g/mol. The summed E-state index contributed by atoms with van der Waals surface area (Å²) in [6.45, 7) is 1.67. The van der Waals surface area contributed by atoms with Crippen LogP contribution < -0.4 is 10.2 Å². The molecule has 5 heteroatoms. The predicted molar refractivity (Wildman–Crippen MR) is 80.5 cm³/mol. The number of hydrogen-bond acceptors (Lipinski definition) is 4. The summed E-state index contributed by atoms with van der Waals surface area (Å²) in [6, 6.07) is 14.3. The van der Waals surface area contributed by atoms with Crippen molar-refractivity contribution in [1.29, 1.82) is 0 Å². The Hall–Kier alpha value is -2.82. The summed E-state index contributed by atoms with van der Waals surface area (Å²) >= 11 is 0. The number of nitrogens with one attached hydrogen (secondary N) is 1. The molecule has 0 bridgehead atoms. The fourth-order valence-electron chi connectivity index (χ4n) is 1.66. The number of amides is 1. The van der Waals surface area contributed by atoms with Gasteiger partial charge in [-0.2, -0.15) is 5.10 Å². The topological polar surface area (TPSA) is 70.9 Å². The lowest BCUT2D eigenvalue weighted by Gasteiger charge is -2.04. The van der Waals surface area contributed by atoms with Gasteiger partial charge in [-0.1, -0.05) is 30.3 Å². The van der Waals surface area contributed by atoms with E-state index in [-0.39, 0.29) is 18.3 Å². The van der Waals surface area contributed by atoms with Crippen LogP contribution in [0, 0.1) is 6.92 Å². The highest BCUT2D eigenvalue weighted by Gasteiger charge is 2.02. The molecule has 0 atom stereocenters. The number of rotatable bonds is 5. The van der Waals surface area contributed by atoms with Crippen molar-refractivity contribution in [2.75, 3.05) is 6.61 Å². The summed E-state index contributed by atoms with van der Waals surface area (Å²) in [6.07, 6.45) is 1.39. The molecule has 5 nitrogen and oxygen atoms in total. The summed E-state index contributed by atoms with van der Waals surface area (Å²) in [5, 5.41) is 13.6. The van der Waals surface area contributed by atoms with Crippen molar-refractivity contribution in [2.45, 2.75) is 6.92 Å². The van der Waals surface area contributed by atoms with E-state index < -0.39 is 0 Å². The van der Waals surface area contributed by atoms with E-state index in [0.717, 1.165) is 5.56 Å². The number of ether oxygens (including phenoxy) is 1. The number of benzene rings is 2. The van der Waals surface area contributed by atoms with Crippen LogP contribution in [0.5, 0.6) is 11.5 Å². The zero-order valence-electron chi connectivity index (χ0n) is 11.6. The van der Waals surface area contributed by atoms with Crippen LogP contribution in [-0.4, -0.2) is 23.8 Å². The molecule has 1 amide bonds. The van der Waals surface area contributed by atoms with E-state index in [2.05, 4.69) is 10.5 Å². The number of aryl methyl sites for hydroxylation is 1. The van der Waals surface area contributed by atoms with Gasteiger partial charge in [0, 0.05) is 5.56 Å². The number of hydrazone groups is 1. The van der Waals surface area contributed by atoms with Crippen LogP contribution in [0.15, 0.2) is 53.6 Å². The van der Waals surface area contributed by atoms with Crippen LogP contribution in [0.2, 0.25) is 0 Å². The Bertz CT molecular complexity index is 639. The van der Waals surface area contributed by atoms with Crippen molar-refractivity contribution in [1.82, 2.24) is 5.43 Å². The van der Waals surface area contributed by atoms with Crippen molar-refractivity contribution in [3.63, 3.8) is 0 Å². The third-order valence-corrected chi connectivity index (χ3v) is 2.77. The molecule has 2 aromatic carbocycles. The highest BCUT2D eigenvalue weighted by Crippen LogP contribution is 2.19. The van der Waals surface area contributed by atoms with Gasteiger partial charge in [-0.3, -0.25) is 4.79 Å².